The van der Waals surface area contributed by atoms with Crippen LogP contribution in [-0.2, 0) is 9.47 Å². The average Bonchev–Trinajstić information content (AvgIpc) is 2.80. The Morgan fingerprint density at radius 3 is 2.45 bits per heavy atom. The molecule has 1 saturated carbocycles. The average molecular weight is 410 g/mol. The highest BCUT2D eigenvalue weighted by Gasteiger charge is 2.38. The Hall–Kier alpha value is -0.890. The number of morpholine rings is 1. The Morgan fingerprint density at radius 1 is 1.07 bits per heavy atom. The Labute approximate surface area is 177 Å². The molecule has 3 rings (SSSR count). The van der Waals surface area contributed by atoms with E-state index in [1.54, 1.807) is 7.11 Å². The van der Waals surface area contributed by atoms with Crippen molar-refractivity contribution in [2.75, 3.05) is 79.8 Å². The van der Waals surface area contributed by atoms with E-state index in [-0.39, 0.29) is 5.54 Å². The summed E-state index contributed by atoms with van der Waals surface area (Å²) in [7, 11) is 3.68. The van der Waals surface area contributed by atoms with Crippen molar-refractivity contribution in [3.8, 4) is 0 Å². The number of piperidine rings is 1. The van der Waals surface area contributed by atoms with E-state index < -0.39 is 0 Å². The molecule has 0 bridgehead atoms. The Morgan fingerprint density at radius 2 is 1.79 bits per heavy atom. The SMILES string of the molecule is CN=C(NCC1CCN(CCOC)CC1)NCC1(N2CCOCC2)CCCCC1. The topological polar surface area (TPSA) is 61.4 Å². The fraction of sp³-hybridized carbons (Fsp3) is 0.955. The molecule has 2 heterocycles. The number of aliphatic imine (C=N–C) groups is 1. The Kier molecular flexibility index (Phi) is 9.49. The van der Waals surface area contributed by atoms with E-state index in [9.17, 15) is 0 Å². The molecule has 0 aromatic heterocycles. The van der Waals surface area contributed by atoms with Crippen LogP contribution in [-0.4, -0.2) is 101 Å². The zero-order valence-electron chi connectivity index (χ0n) is 18.8. The van der Waals surface area contributed by atoms with Crippen LogP contribution in [0.1, 0.15) is 44.9 Å². The lowest BCUT2D eigenvalue weighted by molar-refractivity contribution is -0.0352. The van der Waals surface area contributed by atoms with Gasteiger partial charge in [0.15, 0.2) is 5.96 Å². The zero-order valence-corrected chi connectivity index (χ0v) is 18.8. The molecule has 2 N–H and O–H groups in total. The summed E-state index contributed by atoms with van der Waals surface area (Å²) >= 11 is 0. The molecule has 0 aromatic carbocycles. The summed E-state index contributed by atoms with van der Waals surface area (Å²) in [5.74, 6) is 1.69. The summed E-state index contributed by atoms with van der Waals surface area (Å²) in [5.41, 5.74) is 0.270. The molecular formula is C22H43N5O2. The third-order valence-electron chi connectivity index (χ3n) is 7.15. The first-order chi connectivity index (χ1) is 14.3. The van der Waals surface area contributed by atoms with E-state index in [0.717, 1.165) is 64.4 Å². The van der Waals surface area contributed by atoms with E-state index in [4.69, 9.17) is 9.47 Å². The van der Waals surface area contributed by atoms with Crippen molar-refractivity contribution in [3.05, 3.63) is 0 Å². The molecule has 0 unspecified atom stereocenters. The first kappa shape index (κ1) is 22.8. The van der Waals surface area contributed by atoms with Crippen molar-refractivity contribution in [2.24, 2.45) is 10.9 Å². The van der Waals surface area contributed by atoms with Gasteiger partial charge in [-0.25, -0.2) is 0 Å². The molecule has 0 atom stereocenters. The van der Waals surface area contributed by atoms with Gasteiger partial charge in [0.25, 0.3) is 0 Å². The van der Waals surface area contributed by atoms with Gasteiger partial charge in [-0.05, 0) is 44.7 Å². The van der Waals surface area contributed by atoms with Crippen molar-refractivity contribution in [2.45, 2.75) is 50.5 Å². The van der Waals surface area contributed by atoms with E-state index in [1.165, 1.54) is 58.0 Å². The summed E-state index contributed by atoms with van der Waals surface area (Å²) in [6.45, 7) is 10.1. The van der Waals surface area contributed by atoms with E-state index in [0.29, 0.717) is 0 Å². The lowest BCUT2D eigenvalue weighted by Gasteiger charge is -2.48. The van der Waals surface area contributed by atoms with Crippen LogP contribution in [0.15, 0.2) is 4.99 Å². The molecule has 2 aliphatic heterocycles. The molecule has 3 aliphatic rings. The highest BCUT2D eigenvalue weighted by molar-refractivity contribution is 5.79. The highest BCUT2D eigenvalue weighted by atomic mass is 16.5. The smallest absolute Gasteiger partial charge is 0.191 e. The molecular weight excluding hydrogens is 366 g/mol. The number of hydrogen-bond donors (Lipinski definition) is 2. The summed E-state index contributed by atoms with van der Waals surface area (Å²) < 4.78 is 10.8. The predicted octanol–water partition coefficient (Wildman–Crippen LogP) is 1.54. The van der Waals surface area contributed by atoms with Crippen LogP contribution in [0.4, 0.5) is 0 Å². The molecule has 3 fully saturated rings. The third kappa shape index (κ3) is 6.81. The second kappa shape index (κ2) is 12.1. The van der Waals surface area contributed by atoms with Gasteiger partial charge in [-0.2, -0.15) is 0 Å². The largest absolute Gasteiger partial charge is 0.383 e. The van der Waals surface area contributed by atoms with Gasteiger partial charge in [0.1, 0.15) is 0 Å². The van der Waals surface area contributed by atoms with Gasteiger partial charge in [-0.3, -0.25) is 9.89 Å². The fourth-order valence-corrected chi connectivity index (χ4v) is 5.20. The number of ether oxygens (including phenoxy) is 2. The number of methoxy groups -OCH3 is 1. The molecule has 7 heteroatoms. The highest BCUT2D eigenvalue weighted by Crippen LogP contribution is 2.33. The third-order valence-corrected chi connectivity index (χ3v) is 7.15. The fourth-order valence-electron chi connectivity index (χ4n) is 5.20. The maximum atomic E-state index is 5.61. The molecule has 0 aromatic rings. The van der Waals surface area contributed by atoms with Gasteiger partial charge >= 0.3 is 0 Å². The lowest BCUT2D eigenvalue weighted by Crippen LogP contribution is -2.60. The van der Waals surface area contributed by atoms with Crippen LogP contribution < -0.4 is 10.6 Å². The van der Waals surface area contributed by atoms with E-state index >= 15 is 0 Å². The monoisotopic (exact) mass is 409 g/mol. The number of rotatable bonds is 8. The quantitative estimate of drug-likeness (QED) is 0.469. The van der Waals surface area contributed by atoms with Gasteiger partial charge in [0.2, 0.25) is 0 Å². The second-order valence-corrected chi connectivity index (χ2v) is 8.97. The van der Waals surface area contributed by atoms with Crippen LogP contribution in [0.3, 0.4) is 0 Å². The van der Waals surface area contributed by atoms with Gasteiger partial charge < -0.3 is 25.0 Å². The van der Waals surface area contributed by atoms with Crippen molar-refractivity contribution < 1.29 is 9.47 Å². The minimum absolute atomic E-state index is 0.270. The van der Waals surface area contributed by atoms with Gasteiger partial charge in [0.05, 0.1) is 19.8 Å². The van der Waals surface area contributed by atoms with Crippen LogP contribution in [0.2, 0.25) is 0 Å². The molecule has 168 valence electrons. The van der Waals surface area contributed by atoms with Crippen molar-refractivity contribution in [1.82, 2.24) is 20.4 Å². The van der Waals surface area contributed by atoms with Gasteiger partial charge in [-0.15, -0.1) is 0 Å². The molecule has 0 amide bonds. The maximum Gasteiger partial charge on any atom is 0.191 e. The van der Waals surface area contributed by atoms with Crippen LogP contribution in [0.5, 0.6) is 0 Å². The molecule has 0 radical (unpaired) electrons. The molecule has 0 spiro atoms. The Balaban J connectivity index is 1.43. The summed E-state index contributed by atoms with van der Waals surface area (Å²) in [4.78, 5) is 9.72. The van der Waals surface area contributed by atoms with E-state index in [2.05, 4.69) is 25.4 Å². The van der Waals surface area contributed by atoms with Gasteiger partial charge in [0, 0.05) is 52.4 Å². The summed E-state index contributed by atoms with van der Waals surface area (Å²) in [5, 5.41) is 7.29. The minimum Gasteiger partial charge on any atom is -0.383 e. The normalized spacial score (nSPS) is 25.1. The van der Waals surface area contributed by atoms with Crippen molar-refractivity contribution in [1.29, 1.82) is 0 Å². The molecule has 2 saturated heterocycles. The standard InChI is InChI=1S/C22H43N5O2/c1-23-21(24-18-20-6-10-26(11-7-20)12-15-28-2)25-19-22(8-4-3-5-9-22)27-13-16-29-17-14-27/h20H,3-19H2,1-2H3,(H2,23,24,25). The van der Waals surface area contributed by atoms with Crippen molar-refractivity contribution >= 4 is 5.96 Å². The molecule has 29 heavy (non-hydrogen) atoms. The molecule has 1 aliphatic carbocycles. The summed E-state index contributed by atoms with van der Waals surface area (Å²) in [6, 6.07) is 0. The maximum absolute atomic E-state index is 5.61. The lowest BCUT2D eigenvalue weighted by atomic mass is 9.80. The first-order valence-electron chi connectivity index (χ1n) is 11.7. The van der Waals surface area contributed by atoms with Crippen LogP contribution in [0, 0.1) is 5.92 Å². The number of hydrogen-bond acceptors (Lipinski definition) is 5. The van der Waals surface area contributed by atoms with Crippen LogP contribution >= 0.6 is 0 Å². The molecule has 7 nitrogen and oxygen atoms in total. The minimum atomic E-state index is 0.270. The number of nitrogens with one attached hydrogen (secondary N) is 2. The number of likely N-dealkylation sites (tertiary alicyclic amines) is 1. The second-order valence-electron chi connectivity index (χ2n) is 8.97. The zero-order chi connectivity index (χ0) is 20.4. The van der Waals surface area contributed by atoms with Crippen LogP contribution in [0.25, 0.3) is 0 Å². The van der Waals surface area contributed by atoms with Crippen molar-refractivity contribution in [3.63, 3.8) is 0 Å². The number of guanidine groups is 1. The number of nitrogens with zero attached hydrogens (tertiary/aromatic N) is 3. The first-order valence-corrected chi connectivity index (χ1v) is 11.7. The Bertz CT molecular complexity index is 482. The van der Waals surface area contributed by atoms with E-state index in [1.807, 2.05) is 7.05 Å². The summed E-state index contributed by atoms with van der Waals surface area (Å²) in [6.07, 6.45) is 9.15. The predicted molar refractivity (Wildman–Crippen MR) is 119 cm³/mol. The van der Waals surface area contributed by atoms with Gasteiger partial charge in [-0.1, -0.05) is 19.3 Å².